The minimum atomic E-state index is -3.81. The molecule has 1 amide bonds. The number of aliphatic hydroxyl groups excluding tert-OH is 1. The van der Waals surface area contributed by atoms with Crippen LogP contribution in [0.2, 0.25) is 0 Å². The van der Waals surface area contributed by atoms with Gasteiger partial charge in [-0.3, -0.25) is 13.9 Å². The van der Waals surface area contributed by atoms with Crippen LogP contribution < -0.4 is 19.8 Å². The average Bonchev–Trinajstić information content (AvgIpc) is 3.50. The number of alkyl halides is 2. The number of aliphatic hydroxyl groups is 1. The van der Waals surface area contributed by atoms with Gasteiger partial charge in [0.05, 0.1) is 29.3 Å². The van der Waals surface area contributed by atoms with Crippen LogP contribution >= 0.6 is 0 Å². The number of halogens is 3. The number of nitrogens with one attached hydrogen (secondary N) is 2. The van der Waals surface area contributed by atoms with Crippen molar-refractivity contribution < 1.29 is 31.5 Å². The SMILES string of the molecule is O=C(Nc1nc(N2CCC(F)(F)CC2)c2nccn2c1F)c1ccc(NS(=O)(=O)CCO)cc1N1CCC2(CC1)CC2. The molecule has 0 unspecified atom stereocenters. The summed E-state index contributed by atoms with van der Waals surface area (Å²) in [5, 5.41) is 11.6. The Bertz CT molecular complexity index is 1610. The molecule has 4 heterocycles. The zero-order valence-corrected chi connectivity index (χ0v) is 23.6. The predicted molar refractivity (Wildman–Crippen MR) is 151 cm³/mol. The lowest BCUT2D eigenvalue weighted by molar-refractivity contribution is -0.0221. The van der Waals surface area contributed by atoms with E-state index < -0.39 is 40.2 Å². The van der Waals surface area contributed by atoms with Gasteiger partial charge in [-0.1, -0.05) is 0 Å². The summed E-state index contributed by atoms with van der Waals surface area (Å²) in [5.74, 6) is -5.00. The lowest BCUT2D eigenvalue weighted by Gasteiger charge is -2.35. The molecule has 0 bridgehead atoms. The van der Waals surface area contributed by atoms with Crippen molar-refractivity contribution in [3.63, 3.8) is 0 Å². The van der Waals surface area contributed by atoms with Gasteiger partial charge < -0.3 is 20.2 Å². The molecule has 226 valence electrons. The summed E-state index contributed by atoms with van der Waals surface area (Å²) in [6.45, 7) is 0.791. The molecule has 42 heavy (non-hydrogen) atoms. The van der Waals surface area contributed by atoms with Crippen LogP contribution in [0.5, 0.6) is 0 Å². The van der Waals surface area contributed by atoms with Crippen molar-refractivity contribution in [3.8, 4) is 0 Å². The fraction of sp³-hybridized carbons (Fsp3) is 0.519. The standard InChI is InChI=1S/C27H32F3N7O4S/c28-21-22(32-24(23-31-9-14-37(21)23)36-12-7-27(29,30)8-13-36)33-25(39)19-2-1-18(34-42(40,41)16-15-38)17-20(19)35-10-5-26(3-4-26)6-11-35/h1-2,9,14,17,34,38H,3-8,10-13,15-16H2,(H,33,39). The van der Waals surface area contributed by atoms with E-state index in [2.05, 4.69) is 20.0 Å². The molecule has 3 fully saturated rings. The van der Waals surface area contributed by atoms with Crippen molar-refractivity contribution in [1.29, 1.82) is 0 Å². The first-order valence-electron chi connectivity index (χ1n) is 14.0. The molecule has 1 spiro atoms. The second kappa shape index (κ2) is 10.6. The van der Waals surface area contributed by atoms with Crippen LogP contribution in [0.4, 0.5) is 36.2 Å². The van der Waals surface area contributed by atoms with Crippen molar-refractivity contribution in [3.05, 3.63) is 42.1 Å². The van der Waals surface area contributed by atoms with Gasteiger partial charge in [-0.25, -0.2) is 27.2 Å². The molecule has 1 aliphatic carbocycles. The molecule has 6 rings (SSSR count). The van der Waals surface area contributed by atoms with E-state index >= 15 is 4.39 Å². The lowest BCUT2D eigenvalue weighted by atomic mass is 9.93. The predicted octanol–water partition coefficient (Wildman–Crippen LogP) is 3.47. The van der Waals surface area contributed by atoms with E-state index in [0.29, 0.717) is 24.2 Å². The van der Waals surface area contributed by atoms with Crippen LogP contribution in [0.15, 0.2) is 30.6 Å². The number of imidazole rings is 1. The molecule has 11 nitrogen and oxygen atoms in total. The number of benzene rings is 1. The Morgan fingerprint density at radius 1 is 1.02 bits per heavy atom. The van der Waals surface area contributed by atoms with Crippen LogP contribution in [0.1, 0.15) is 48.9 Å². The summed E-state index contributed by atoms with van der Waals surface area (Å²) in [5.41, 5.74) is 1.41. The van der Waals surface area contributed by atoms with Gasteiger partial charge >= 0.3 is 0 Å². The molecule has 2 saturated heterocycles. The van der Waals surface area contributed by atoms with Crippen LogP contribution in [-0.2, 0) is 10.0 Å². The fourth-order valence-corrected chi connectivity index (χ4v) is 6.58. The number of anilines is 4. The molecule has 15 heteroatoms. The minimum Gasteiger partial charge on any atom is -0.395 e. The van der Waals surface area contributed by atoms with Crippen LogP contribution in [0.25, 0.3) is 5.65 Å². The van der Waals surface area contributed by atoms with Crippen molar-refractivity contribution in [1.82, 2.24) is 14.4 Å². The topological polar surface area (TPSA) is 132 Å². The second-order valence-electron chi connectivity index (χ2n) is 11.4. The monoisotopic (exact) mass is 607 g/mol. The Balaban J connectivity index is 1.32. The fourth-order valence-electron chi connectivity index (χ4n) is 5.75. The number of piperidine rings is 2. The Hall–Kier alpha value is -3.59. The number of fused-ring (bicyclic) bond motifs is 1. The summed E-state index contributed by atoms with van der Waals surface area (Å²) in [6.07, 6.45) is 6.21. The molecule has 1 aromatic carbocycles. The number of sulfonamides is 1. The summed E-state index contributed by atoms with van der Waals surface area (Å²) in [7, 11) is -3.81. The maximum atomic E-state index is 15.5. The molecule has 3 aliphatic rings. The number of carbonyl (C=O) groups excluding carboxylic acids is 1. The number of rotatable bonds is 8. The van der Waals surface area contributed by atoms with Crippen molar-refractivity contribution in [2.45, 2.75) is 44.4 Å². The largest absolute Gasteiger partial charge is 0.395 e. The molecule has 2 aliphatic heterocycles. The normalized spacial score (nSPS) is 19.7. The molecular formula is C27H32F3N7O4S. The Labute approximate surface area is 240 Å². The van der Waals surface area contributed by atoms with Gasteiger partial charge in [0.1, 0.15) is 0 Å². The summed E-state index contributed by atoms with van der Waals surface area (Å²) in [6, 6.07) is 4.46. The van der Waals surface area contributed by atoms with Gasteiger partial charge in [0, 0.05) is 51.4 Å². The highest BCUT2D eigenvalue weighted by molar-refractivity contribution is 7.92. The maximum absolute atomic E-state index is 15.5. The zero-order chi connectivity index (χ0) is 29.7. The number of amides is 1. The van der Waals surface area contributed by atoms with E-state index in [1.165, 1.54) is 37.4 Å². The molecule has 2 aromatic heterocycles. The Morgan fingerprint density at radius 2 is 1.71 bits per heavy atom. The van der Waals surface area contributed by atoms with Gasteiger partial charge in [-0.15, -0.1) is 0 Å². The Morgan fingerprint density at radius 3 is 2.38 bits per heavy atom. The highest BCUT2D eigenvalue weighted by Crippen LogP contribution is 2.54. The highest BCUT2D eigenvalue weighted by atomic mass is 32.2. The van der Waals surface area contributed by atoms with Gasteiger partial charge in [-0.05, 0) is 49.3 Å². The second-order valence-corrected chi connectivity index (χ2v) is 13.2. The van der Waals surface area contributed by atoms with Crippen LogP contribution in [-0.4, -0.2) is 78.3 Å². The Kier molecular flexibility index (Phi) is 7.20. The third-order valence-corrected chi connectivity index (χ3v) is 9.76. The molecule has 0 radical (unpaired) electrons. The lowest BCUT2D eigenvalue weighted by Crippen LogP contribution is -2.40. The van der Waals surface area contributed by atoms with Crippen molar-refractivity contribution >= 4 is 44.6 Å². The van der Waals surface area contributed by atoms with E-state index in [9.17, 15) is 22.0 Å². The van der Waals surface area contributed by atoms with E-state index in [0.717, 1.165) is 17.2 Å². The molecule has 1 saturated carbocycles. The smallest absolute Gasteiger partial charge is 0.259 e. The molecular weight excluding hydrogens is 575 g/mol. The maximum Gasteiger partial charge on any atom is 0.259 e. The van der Waals surface area contributed by atoms with Crippen LogP contribution in [0, 0.1) is 11.4 Å². The highest BCUT2D eigenvalue weighted by Gasteiger charge is 2.44. The van der Waals surface area contributed by atoms with Crippen LogP contribution in [0.3, 0.4) is 0 Å². The van der Waals surface area contributed by atoms with E-state index in [1.807, 2.05) is 4.90 Å². The zero-order valence-electron chi connectivity index (χ0n) is 22.8. The quantitative estimate of drug-likeness (QED) is 0.355. The first-order valence-corrected chi connectivity index (χ1v) is 15.6. The molecule has 3 N–H and O–H groups in total. The number of nitrogens with zero attached hydrogens (tertiary/aromatic N) is 5. The van der Waals surface area contributed by atoms with Gasteiger partial charge in [0.15, 0.2) is 17.3 Å². The summed E-state index contributed by atoms with van der Waals surface area (Å²) < 4.78 is 71.3. The first-order chi connectivity index (χ1) is 20.0. The van der Waals surface area contributed by atoms with Crippen molar-refractivity contribution in [2.24, 2.45) is 5.41 Å². The number of aromatic nitrogens is 3. The molecule has 3 aromatic rings. The number of hydrogen-bond donors (Lipinski definition) is 3. The number of hydrogen-bond acceptors (Lipinski definition) is 8. The first kappa shape index (κ1) is 28.5. The molecule has 0 atom stereocenters. The van der Waals surface area contributed by atoms with E-state index in [4.69, 9.17) is 5.11 Å². The third-order valence-electron chi connectivity index (χ3n) is 8.49. The third kappa shape index (κ3) is 5.71. The summed E-state index contributed by atoms with van der Waals surface area (Å²) >= 11 is 0. The summed E-state index contributed by atoms with van der Waals surface area (Å²) in [4.78, 5) is 25.8. The van der Waals surface area contributed by atoms with Gasteiger partial charge in [0.2, 0.25) is 16.0 Å². The van der Waals surface area contributed by atoms with E-state index in [-0.39, 0.29) is 54.5 Å². The van der Waals surface area contributed by atoms with Gasteiger partial charge in [0.25, 0.3) is 11.8 Å². The van der Waals surface area contributed by atoms with Gasteiger partial charge in [-0.2, -0.15) is 4.39 Å². The average molecular weight is 608 g/mol. The van der Waals surface area contributed by atoms with Crippen molar-refractivity contribution in [2.75, 3.05) is 58.4 Å². The van der Waals surface area contributed by atoms with E-state index in [1.54, 1.807) is 11.0 Å². The number of carbonyl (C=O) groups is 1. The minimum absolute atomic E-state index is 0.00418.